The second-order valence-corrected chi connectivity index (χ2v) is 12.4. The average Bonchev–Trinajstić information content (AvgIpc) is 3.60. The van der Waals surface area contributed by atoms with Gasteiger partial charge in [0.05, 0.1) is 6.54 Å². The summed E-state index contributed by atoms with van der Waals surface area (Å²) in [5.74, 6) is -6.27. The van der Waals surface area contributed by atoms with Crippen molar-refractivity contribution in [2.45, 2.75) is 55.6 Å². The monoisotopic (exact) mass is 717 g/mol. The number of aromatic hydroxyl groups is 3. The highest BCUT2D eigenvalue weighted by atomic mass is 16.7. The largest absolute Gasteiger partial charge is 0.667 e. The van der Waals surface area contributed by atoms with Crippen LogP contribution < -0.4 is 25.9 Å². The molecule has 4 aromatic rings. The number of nitrogens with two attached hydrogens (primary N) is 2. The minimum absolute atomic E-state index is 0.0338. The van der Waals surface area contributed by atoms with Gasteiger partial charge < -0.3 is 71.5 Å². The van der Waals surface area contributed by atoms with E-state index >= 15 is 0 Å². The van der Waals surface area contributed by atoms with Gasteiger partial charge in [0.15, 0.2) is 23.6 Å². The Kier molecular flexibility index (Phi) is 9.65. The van der Waals surface area contributed by atoms with Gasteiger partial charge in [-0.05, 0) is 29.7 Å². The van der Waals surface area contributed by atoms with Crippen LogP contribution in [0.1, 0.15) is 46.9 Å². The Labute approximate surface area is 296 Å². The fourth-order valence-electron chi connectivity index (χ4n) is 6.38. The molecule has 1 fully saturated rings. The smallest absolute Gasteiger partial charge is 0.335 e. The molecule has 3 heterocycles. The summed E-state index contributed by atoms with van der Waals surface area (Å²) in [5, 5.41) is 87.4. The summed E-state index contributed by atoms with van der Waals surface area (Å²) < 4.78 is 17.4. The number of carbonyl (C=O) groups is 1. The van der Waals surface area contributed by atoms with E-state index in [1.807, 2.05) is 43.3 Å². The van der Waals surface area contributed by atoms with Crippen LogP contribution in [0, 0.1) is 0 Å². The standard InChI is InChI=1S/C36H37N4O12/c1-2-16-12-20(39-14-16)23(17-6-4-3-5-7-17)25-27(43)24-21(50-29(25)18-8-10-19(41)11-9-18)13-22(26(42)28(24)44)51-34-32(46)36(49,15-40-35(37)38)31(45)30(52-34)33(47)48/h3-14,23,29-32,34,41-46,49H,2,15H2,1H3,(H,47,48)(H4,37,38,40)/q-1. The number of fused-ring (bicyclic) bond motifs is 1. The highest BCUT2D eigenvalue weighted by Gasteiger charge is 2.58. The summed E-state index contributed by atoms with van der Waals surface area (Å²) in [6, 6.07) is 18.1. The Bertz CT molecular complexity index is 2010. The van der Waals surface area contributed by atoms with Crippen LogP contribution in [0.3, 0.4) is 0 Å². The molecule has 16 heteroatoms. The predicted molar refractivity (Wildman–Crippen MR) is 183 cm³/mol. The lowest BCUT2D eigenvalue weighted by molar-refractivity contribution is -0.303. The third kappa shape index (κ3) is 6.39. The van der Waals surface area contributed by atoms with Gasteiger partial charge in [-0.3, -0.25) is 4.99 Å². The van der Waals surface area contributed by atoms with Gasteiger partial charge in [0.1, 0.15) is 46.7 Å². The number of hydrogen-bond donors (Lipinski definition) is 10. The number of hydrogen-bond acceptors (Lipinski definition) is 12. The molecule has 0 radical (unpaired) electrons. The molecular weight excluding hydrogens is 680 g/mol. The lowest BCUT2D eigenvalue weighted by Crippen LogP contribution is -2.70. The Hall–Kier alpha value is -5.94. The van der Waals surface area contributed by atoms with Gasteiger partial charge in [-0.2, -0.15) is 6.20 Å². The number of aliphatic imine (C=N–C) groups is 1. The number of aliphatic hydroxyl groups excluding tert-OH is 3. The van der Waals surface area contributed by atoms with Gasteiger partial charge in [0.2, 0.25) is 12.0 Å². The summed E-state index contributed by atoms with van der Waals surface area (Å²) in [7, 11) is 0. The van der Waals surface area contributed by atoms with Crippen LogP contribution in [0.4, 0.5) is 0 Å². The van der Waals surface area contributed by atoms with Gasteiger partial charge >= 0.3 is 5.97 Å². The molecule has 274 valence electrons. The molecule has 52 heavy (non-hydrogen) atoms. The maximum Gasteiger partial charge on any atom is 0.335 e. The van der Waals surface area contributed by atoms with Crippen LogP contribution in [0.5, 0.6) is 28.7 Å². The third-order valence-electron chi connectivity index (χ3n) is 9.15. The van der Waals surface area contributed by atoms with Gasteiger partial charge in [-0.15, -0.1) is 5.69 Å². The van der Waals surface area contributed by atoms with Crippen molar-refractivity contribution in [3.05, 3.63) is 106 Å². The van der Waals surface area contributed by atoms with Gasteiger partial charge in [0, 0.05) is 17.6 Å². The van der Waals surface area contributed by atoms with E-state index in [0.29, 0.717) is 17.7 Å². The Morgan fingerprint density at radius 2 is 1.69 bits per heavy atom. The molecule has 0 saturated carbocycles. The van der Waals surface area contributed by atoms with Crippen LogP contribution >= 0.6 is 0 Å². The first-order chi connectivity index (χ1) is 24.7. The third-order valence-corrected chi connectivity index (χ3v) is 9.15. The second kappa shape index (κ2) is 14.0. The van der Waals surface area contributed by atoms with Crippen LogP contribution in [-0.2, 0) is 16.0 Å². The van der Waals surface area contributed by atoms with Crippen LogP contribution in [0.2, 0.25) is 0 Å². The zero-order chi connectivity index (χ0) is 37.5. The van der Waals surface area contributed by atoms with Crippen molar-refractivity contribution in [2.24, 2.45) is 16.5 Å². The molecule has 0 bridgehead atoms. The first kappa shape index (κ1) is 35.9. The van der Waals surface area contributed by atoms with E-state index in [0.717, 1.165) is 17.2 Å². The lowest BCUT2D eigenvalue weighted by atomic mass is 9.80. The first-order valence-electron chi connectivity index (χ1n) is 16.1. The van der Waals surface area contributed by atoms with E-state index in [1.165, 1.54) is 12.1 Å². The Morgan fingerprint density at radius 1 is 1.00 bits per heavy atom. The van der Waals surface area contributed by atoms with Crippen molar-refractivity contribution in [3.63, 3.8) is 0 Å². The molecule has 16 nitrogen and oxygen atoms in total. The first-order valence-corrected chi connectivity index (χ1v) is 16.1. The second-order valence-electron chi connectivity index (χ2n) is 12.4. The molecule has 2 aliphatic rings. The SMILES string of the molecule is CCc1c[n-]c(C(C2=C(O)c3c(cc(OC4OC(C(=O)O)C(O)C(O)(CN=C(N)N)C4O)c(O)c3O)OC2c2ccc(O)cc2)c2ccccc2)c1. The Morgan fingerprint density at radius 3 is 2.31 bits per heavy atom. The number of carboxylic acid groups (broad SMARTS) is 1. The number of guanidine groups is 1. The molecule has 3 aromatic carbocycles. The van der Waals surface area contributed by atoms with Gasteiger partial charge in [-0.25, -0.2) is 4.79 Å². The molecule has 6 rings (SSSR count). The summed E-state index contributed by atoms with van der Waals surface area (Å²) in [4.78, 5) is 20.2. The van der Waals surface area contributed by atoms with E-state index in [4.69, 9.17) is 25.7 Å². The van der Waals surface area contributed by atoms with Crippen molar-refractivity contribution in [2.75, 3.05) is 6.54 Å². The number of nitrogens with zero attached hydrogens (tertiary/aromatic N) is 2. The summed E-state index contributed by atoms with van der Waals surface area (Å²) >= 11 is 0. The zero-order valence-electron chi connectivity index (χ0n) is 27.6. The number of aliphatic carboxylic acids is 1. The molecule has 0 aliphatic carbocycles. The maximum absolute atomic E-state index is 12.1. The van der Waals surface area contributed by atoms with Gasteiger partial charge in [0.25, 0.3) is 0 Å². The molecule has 0 spiro atoms. The Balaban J connectivity index is 1.49. The fourth-order valence-corrected chi connectivity index (χ4v) is 6.38. The lowest BCUT2D eigenvalue weighted by Gasteiger charge is -2.46. The molecule has 1 aromatic heterocycles. The minimum atomic E-state index is -2.73. The molecular formula is C36H37N4O12-. The number of phenols is 3. The van der Waals surface area contributed by atoms with Crippen molar-refractivity contribution in [3.8, 4) is 28.7 Å². The zero-order valence-corrected chi connectivity index (χ0v) is 27.6. The average molecular weight is 718 g/mol. The van der Waals surface area contributed by atoms with E-state index < -0.39 is 83.7 Å². The number of phenolic OH excluding ortho intramolecular Hbond substituents is 3. The highest BCUT2D eigenvalue weighted by molar-refractivity contribution is 5.81. The van der Waals surface area contributed by atoms with Crippen molar-refractivity contribution >= 4 is 17.7 Å². The van der Waals surface area contributed by atoms with Crippen LogP contribution in [0.15, 0.2) is 83.5 Å². The van der Waals surface area contributed by atoms with Crippen LogP contribution in [0.25, 0.3) is 5.76 Å². The predicted octanol–water partition coefficient (Wildman–Crippen LogP) is 1.47. The number of carboxylic acids is 1. The number of aryl methyl sites for hydroxylation is 1. The molecule has 1 saturated heterocycles. The number of aromatic nitrogens is 1. The van der Waals surface area contributed by atoms with Crippen molar-refractivity contribution < 1.29 is 59.9 Å². The van der Waals surface area contributed by atoms with Crippen molar-refractivity contribution in [1.29, 1.82) is 0 Å². The number of ether oxygens (including phenoxy) is 3. The highest BCUT2D eigenvalue weighted by Crippen LogP contribution is 2.55. The fraction of sp³-hybridized carbons (Fsp3) is 0.278. The summed E-state index contributed by atoms with van der Waals surface area (Å²) in [6.45, 7) is 1.10. The molecule has 2 aliphatic heterocycles. The quantitative estimate of drug-likeness (QED) is 0.0631. The minimum Gasteiger partial charge on any atom is -0.667 e. The molecule has 7 unspecified atom stereocenters. The topological polar surface area (TPSA) is 285 Å². The molecule has 12 N–H and O–H groups in total. The summed E-state index contributed by atoms with van der Waals surface area (Å²) in [5.41, 5.74) is 10.6. The molecule has 7 atom stereocenters. The van der Waals surface area contributed by atoms with Gasteiger partial charge in [-0.1, -0.05) is 61.0 Å². The number of rotatable bonds is 10. The summed E-state index contributed by atoms with van der Waals surface area (Å²) in [6.07, 6.45) is -7.41. The number of benzene rings is 3. The van der Waals surface area contributed by atoms with E-state index in [-0.39, 0.29) is 22.6 Å². The van der Waals surface area contributed by atoms with Crippen LogP contribution in [-0.4, -0.2) is 89.5 Å². The van der Waals surface area contributed by atoms with Crippen molar-refractivity contribution in [1.82, 2.24) is 4.98 Å². The number of aliphatic hydroxyl groups is 4. The van der Waals surface area contributed by atoms with E-state index in [2.05, 4.69) is 9.98 Å². The van der Waals surface area contributed by atoms with E-state index in [1.54, 1.807) is 18.3 Å². The van der Waals surface area contributed by atoms with E-state index in [9.17, 15) is 45.6 Å². The maximum atomic E-state index is 12.1. The molecule has 0 amide bonds. The normalized spacial score (nSPS) is 24.7.